The van der Waals surface area contributed by atoms with Gasteiger partial charge in [-0.2, -0.15) is 0 Å². The third-order valence-electron chi connectivity index (χ3n) is 6.71. The first-order chi connectivity index (χ1) is 14.5. The molecule has 1 unspecified atom stereocenters. The summed E-state index contributed by atoms with van der Waals surface area (Å²) in [7, 11) is -0.315. The van der Waals surface area contributed by atoms with Crippen molar-refractivity contribution >= 4 is 24.9 Å². The number of amides is 2. The molecule has 0 bridgehead atoms. The summed E-state index contributed by atoms with van der Waals surface area (Å²) in [6, 6.07) is 0. The van der Waals surface area contributed by atoms with Gasteiger partial charge < -0.3 is 24.7 Å². The van der Waals surface area contributed by atoms with Crippen molar-refractivity contribution < 1.29 is 28.4 Å². The zero-order valence-electron chi connectivity index (χ0n) is 21.2. The Hall–Kier alpha value is -1.61. The number of esters is 1. The fourth-order valence-electron chi connectivity index (χ4n) is 4.58. The normalized spacial score (nSPS) is 29.3. The van der Waals surface area contributed by atoms with Gasteiger partial charge >= 0.3 is 13.1 Å². The van der Waals surface area contributed by atoms with Crippen molar-refractivity contribution in [2.45, 2.75) is 123 Å². The maximum atomic E-state index is 13.5. The first-order valence-corrected chi connectivity index (χ1v) is 11.6. The number of hydrogen-bond donors (Lipinski definition) is 2. The van der Waals surface area contributed by atoms with Crippen LogP contribution in [0.2, 0.25) is 6.32 Å². The SMILES string of the molecule is CC(=O)NC1(C(=O)NC(C)(C)C)C[C@H](CCB2OC(C)(C)C(C)(C)O2)CC[C@@H]1OC(C)=O. The van der Waals surface area contributed by atoms with Gasteiger partial charge in [-0.3, -0.25) is 14.4 Å². The van der Waals surface area contributed by atoms with Crippen LogP contribution in [0.15, 0.2) is 0 Å². The molecule has 0 aromatic rings. The monoisotopic (exact) mass is 452 g/mol. The number of hydrogen-bond acceptors (Lipinski definition) is 6. The molecule has 2 fully saturated rings. The van der Waals surface area contributed by atoms with Gasteiger partial charge in [-0.05, 0) is 80.0 Å². The fourth-order valence-corrected chi connectivity index (χ4v) is 4.58. The van der Waals surface area contributed by atoms with Gasteiger partial charge in [0.05, 0.1) is 11.2 Å². The Labute approximate surface area is 193 Å². The molecule has 2 amide bonds. The lowest BCUT2D eigenvalue weighted by Crippen LogP contribution is -2.69. The number of rotatable bonds is 6. The van der Waals surface area contributed by atoms with Crippen molar-refractivity contribution in [3.8, 4) is 0 Å². The third-order valence-corrected chi connectivity index (χ3v) is 6.71. The summed E-state index contributed by atoms with van der Waals surface area (Å²) in [4.78, 5) is 37.4. The second-order valence-electron chi connectivity index (χ2n) is 11.4. The van der Waals surface area contributed by atoms with Crippen LogP contribution in [0.1, 0.15) is 88.0 Å². The molecule has 0 spiro atoms. The molecule has 3 atom stereocenters. The van der Waals surface area contributed by atoms with Crippen molar-refractivity contribution in [1.29, 1.82) is 0 Å². The maximum absolute atomic E-state index is 13.5. The molecule has 1 aliphatic heterocycles. The van der Waals surface area contributed by atoms with Crippen molar-refractivity contribution in [2.24, 2.45) is 5.92 Å². The molecule has 0 aromatic heterocycles. The van der Waals surface area contributed by atoms with Crippen LogP contribution < -0.4 is 10.6 Å². The van der Waals surface area contributed by atoms with E-state index >= 15 is 0 Å². The zero-order chi connectivity index (χ0) is 24.5. The van der Waals surface area contributed by atoms with E-state index in [0.29, 0.717) is 19.2 Å². The predicted molar refractivity (Wildman–Crippen MR) is 123 cm³/mol. The third kappa shape index (κ3) is 6.25. The van der Waals surface area contributed by atoms with Gasteiger partial charge in [-0.1, -0.05) is 6.42 Å². The quantitative estimate of drug-likeness (QED) is 0.475. The van der Waals surface area contributed by atoms with Crippen LogP contribution in [-0.4, -0.2) is 53.3 Å². The molecular formula is C23H41BN2O6. The Morgan fingerprint density at radius 2 is 1.59 bits per heavy atom. The molecule has 1 saturated carbocycles. The van der Waals surface area contributed by atoms with Crippen molar-refractivity contribution in [3.63, 3.8) is 0 Å². The summed E-state index contributed by atoms with van der Waals surface area (Å²) in [5.74, 6) is -0.994. The molecule has 0 radical (unpaired) electrons. The molecule has 8 nitrogen and oxygen atoms in total. The average molecular weight is 452 g/mol. The zero-order valence-corrected chi connectivity index (χ0v) is 21.2. The largest absolute Gasteiger partial charge is 0.459 e. The highest BCUT2D eigenvalue weighted by atomic mass is 16.7. The molecule has 2 N–H and O–H groups in total. The van der Waals surface area contributed by atoms with Crippen LogP contribution >= 0.6 is 0 Å². The van der Waals surface area contributed by atoms with Crippen LogP contribution in [0.5, 0.6) is 0 Å². The molecule has 182 valence electrons. The molecule has 9 heteroatoms. The maximum Gasteiger partial charge on any atom is 0.457 e. The lowest BCUT2D eigenvalue weighted by Gasteiger charge is -2.46. The van der Waals surface area contributed by atoms with Gasteiger partial charge in [0.25, 0.3) is 0 Å². The van der Waals surface area contributed by atoms with E-state index in [1.807, 2.05) is 48.5 Å². The van der Waals surface area contributed by atoms with E-state index in [9.17, 15) is 14.4 Å². The minimum absolute atomic E-state index is 0.137. The van der Waals surface area contributed by atoms with Crippen LogP contribution in [0.3, 0.4) is 0 Å². The smallest absolute Gasteiger partial charge is 0.457 e. The number of carbonyl (C=O) groups excluding carboxylic acids is 3. The molecule has 2 aliphatic rings. The highest BCUT2D eigenvalue weighted by molar-refractivity contribution is 6.45. The van der Waals surface area contributed by atoms with E-state index in [0.717, 1.165) is 12.8 Å². The van der Waals surface area contributed by atoms with Crippen molar-refractivity contribution in [2.75, 3.05) is 0 Å². The Kier molecular flexibility index (Phi) is 7.77. The van der Waals surface area contributed by atoms with E-state index in [1.165, 1.54) is 13.8 Å². The summed E-state index contributed by atoms with van der Waals surface area (Å²) >= 11 is 0. The van der Waals surface area contributed by atoms with E-state index in [-0.39, 0.29) is 24.9 Å². The Bertz CT molecular complexity index is 716. The van der Waals surface area contributed by atoms with Crippen molar-refractivity contribution in [3.05, 3.63) is 0 Å². The molecule has 0 aromatic carbocycles. The topological polar surface area (TPSA) is 103 Å². The predicted octanol–water partition coefficient (Wildman–Crippen LogP) is 2.99. The highest BCUT2D eigenvalue weighted by Gasteiger charge is 2.54. The number of ether oxygens (including phenoxy) is 1. The minimum Gasteiger partial charge on any atom is -0.459 e. The van der Waals surface area contributed by atoms with E-state index in [1.54, 1.807) is 0 Å². The second kappa shape index (κ2) is 9.33. The average Bonchev–Trinajstić information content (AvgIpc) is 2.79. The molecule has 1 saturated heterocycles. The van der Waals surface area contributed by atoms with E-state index in [2.05, 4.69) is 10.6 Å². The lowest BCUT2D eigenvalue weighted by atomic mass is 9.68. The number of carbonyl (C=O) groups is 3. The first-order valence-electron chi connectivity index (χ1n) is 11.6. The molecule has 32 heavy (non-hydrogen) atoms. The van der Waals surface area contributed by atoms with Crippen LogP contribution in [-0.2, 0) is 28.4 Å². The summed E-state index contributed by atoms with van der Waals surface area (Å²) in [6.07, 6.45) is 2.39. The van der Waals surface area contributed by atoms with E-state index < -0.39 is 34.4 Å². The number of nitrogens with one attached hydrogen (secondary N) is 2. The van der Waals surface area contributed by atoms with Gasteiger partial charge in [0.1, 0.15) is 6.10 Å². The van der Waals surface area contributed by atoms with Gasteiger partial charge in [0, 0.05) is 19.4 Å². The van der Waals surface area contributed by atoms with Crippen LogP contribution in [0.4, 0.5) is 0 Å². The second-order valence-corrected chi connectivity index (χ2v) is 11.4. The summed E-state index contributed by atoms with van der Waals surface area (Å²) in [6.45, 7) is 16.4. The van der Waals surface area contributed by atoms with Crippen molar-refractivity contribution in [1.82, 2.24) is 10.6 Å². The highest BCUT2D eigenvalue weighted by Crippen LogP contribution is 2.41. The van der Waals surface area contributed by atoms with Gasteiger partial charge in [-0.25, -0.2) is 0 Å². The molecular weight excluding hydrogens is 411 g/mol. The fraction of sp³-hybridized carbons (Fsp3) is 0.870. The minimum atomic E-state index is -1.32. The van der Waals surface area contributed by atoms with Gasteiger partial charge in [0.2, 0.25) is 11.8 Å². The van der Waals surface area contributed by atoms with Crippen LogP contribution in [0.25, 0.3) is 0 Å². The van der Waals surface area contributed by atoms with E-state index in [4.69, 9.17) is 14.0 Å². The van der Waals surface area contributed by atoms with Gasteiger partial charge in [-0.15, -0.1) is 0 Å². The molecule has 1 aliphatic carbocycles. The summed E-state index contributed by atoms with van der Waals surface area (Å²) < 4.78 is 17.8. The first kappa shape index (κ1) is 26.6. The standard InChI is InChI=1S/C23H41BN2O6/c1-15(27)25-23(19(29)26-20(3,4)5)14-17(10-11-18(23)30-16(2)28)12-13-24-31-21(6,7)22(8,9)32-24/h17-18H,10-14H2,1-9H3,(H,25,27)(H,26,29)/t17-,18-,23?/m0/s1. The van der Waals surface area contributed by atoms with Crippen LogP contribution in [0, 0.1) is 5.92 Å². The lowest BCUT2D eigenvalue weighted by molar-refractivity contribution is -0.161. The molecule has 2 rings (SSSR count). The summed E-state index contributed by atoms with van der Waals surface area (Å²) in [5, 5.41) is 5.85. The Morgan fingerprint density at radius 3 is 2.06 bits per heavy atom. The Morgan fingerprint density at radius 1 is 1.03 bits per heavy atom. The molecule has 1 heterocycles. The Balaban J connectivity index is 2.22. The van der Waals surface area contributed by atoms with Gasteiger partial charge in [0.15, 0.2) is 5.54 Å². The summed E-state index contributed by atoms with van der Waals surface area (Å²) in [5.41, 5.74) is -2.60.